The smallest absolute Gasteiger partial charge is 0.383 e. The molecule has 0 aliphatic heterocycles. The number of hydrogen-bond donors (Lipinski definition) is 1. The molecule has 0 radical (unpaired) electrons. The van der Waals surface area contributed by atoms with Crippen LogP contribution in [0.2, 0.25) is 0 Å². The summed E-state index contributed by atoms with van der Waals surface area (Å²) in [6, 6.07) is 6.19. The maximum Gasteiger partial charge on any atom is 0.391 e. The van der Waals surface area contributed by atoms with E-state index < -0.39 is 18.6 Å². The molecule has 8 heteroatoms. The van der Waals surface area contributed by atoms with Gasteiger partial charge >= 0.3 is 6.18 Å². The summed E-state index contributed by atoms with van der Waals surface area (Å²) in [5.74, 6) is 6.72. The number of carbonyl (C=O) groups excluding carboxylic acids is 1. The van der Waals surface area contributed by atoms with Crippen LogP contribution in [0.3, 0.4) is 0 Å². The molecule has 2 aromatic heterocycles. The third-order valence-corrected chi connectivity index (χ3v) is 5.34. The van der Waals surface area contributed by atoms with E-state index in [9.17, 15) is 18.0 Å². The summed E-state index contributed by atoms with van der Waals surface area (Å²) in [6.45, 7) is 1.47. The van der Waals surface area contributed by atoms with Crippen molar-refractivity contribution in [3.63, 3.8) is 0 Å². The molecule has 0 saturated heterocycles. The summed E-state index contributed by atoms with van der Waals surface area (Å²) in [7, 11) is 0. The standard InChI is InChI=1S/C23H21F3N4O/c1-14(11-23(24,25)26)30-12-18(20-21(27)28-13-29-22(20)30)8-7-15-3-2-4-17(9-15)19(31)10-16-5-6-16/h2-4,9,12-14,16H,5-6,10-11H2,1H3,(H2,27,28,29). The summed E-state index contributed by atoms with van der Waals surface area (Å²) in [4.78, 5) is 20.4. The Morgan fingerprint density at radius 1 is 1.29 bits per heavy atom. The van der Waals surface area contributed by atoms with Gasteiger partial charge in [0.1, 0.15) is 17.8 Å². The molecule has 3 aromatic rings. The zero-order valence-electron chi connectivity index (χ0n) is 16.9. The van der Waals surface area contributed by atoms with Crippen LogP contribution < -0.4 is 5.73 Å². The monoisotopic (exact) mass is 426 g/mol. The molecule has 5 nitrogen and oxygen atoms in total. The van der Waals surface area contributed by atoms with E-state index in [1.807, 2.05) is 0 Å². The van der Waals surface area contributed by atoms with Gasteiger partial charge in [-0.1, -0.05) is 24.0 Å². The Balaban J connectivity index is 1.68. The van der Waals surface area contributed by atoms with Gasteiger partial charge in [-0.15, -0.1) is 0 Å². The number of hydrogen-bond acceptors (Lipinski definition) is 4. The lowest BCUT2D eigenvalue weighted by Gasteiger charge is -2.16. The summed E-state index contributed by atoms with van der Waals surface area (Å²) >= 11 is 0. The quantitative estimate of drug-likeness (QED) is 0.465. The van der Waals surface area contributed by atoms with Gasteiger partial charge in [-0.3, -0.25) is 4.79 Å². The van der Waals surface area contributed by atoms with Gasteiger partial charge in [0.05, 0.1) is 17.4 Å². The second kappa shape index (κ2) is 8.06. The van der Waals surface area contributed by atoms with Gasteiger partial charge in [-0.05, 0) is 37.8 Å². The predicted octanol–water partition coefficient (Wildman–Crippen LogP) is 4.91. The van der Waals surface area contributed by atoms with Crippen LogP contribution in [0.25, 0.3) is 11.0 Å². The van der Waals surface area contributed by atoms with Crippen molar-refractivity contribution in [3.8, 4) is 11.8 Å². The minimum Gasteiger partial charge on any atom is -0.383 e. The fraction of sp³-hybridized carbons (Fsp3) is 0.348. The fourth-order valence-corrected chi connectivity index (χ4v) is 3.58. The number of benzene rings is 1. The average molecular weight is 426 g/mol. The first kappa shape index (κ1) is 20.9. The maximum absolute atomic E-state index is 12.9. The number of aromatic nitrogens is 3. The lowest BCUT2D eigenvalue weighted by molar-refractivity contribution is -0.141. The molecule has 2 N–H and O–H groups in total. The predicted molar refractivity (Wildman–Crippen MR) is 111 cm³/mol. The lowest BCUT2D eigenvalue weighted by Crippen LogP contribution is -2.16. The van der Waals surface area contributed by atoms with Crippen LogP contribution in [-0.4, -0.2) is 26.5 Å². The van der Waals surface area contributed by atoms with Gasteiger partial charge in [0.2, 0.25) is 0 Å². The number of halogens is 3. The molecule has 1 fully saturated rings. The molecule has 1 aromatic carbocycles. The summed E-state index contributed by atoms with van der Waals surface area (Å²) in [5, 5.41) is 0.421. The van der Waals surface area contributed by atoms with E-state index in [1.165, 1.54) is 24.0 Å². The number of fused-ring (bicyclic) bond motifs is 1. The third-order valence-electron chi connectivity index (χ3n) is 5.34. The first-order valence-electron chi connectivity index (χ1n) is 10.0. The second-order valence-electron chi connectivity index (χ2n) is 7.98. The Morgan fingerprint density at radius 2 is 2.06 bits per heavy atom. The van der Waals surface area contributed by atoms with Crippen LogP contribution in [-0.2, 0) is 0 Å². The second-order valence-corrected chi connectivity index (χ2v) is 7.98. The summed E-state index contributed by atoms with van der Waals surface area (Å²) in [6.07, 6.45) is 0.195. The molecule has 1 saturated carbocycles. The van der Waals surface area contributed by atoms with Gasteiger partial charge < -0.3 is 10.3 Å². The van der Waals surface area contributed by atoms with Gasteiger partial charge in [0, 0.05) is 29.8 Å². The molecular weight excluding hydrogens is 405 g/mol. The van der Waals surface area contributed by atoms with Crippen LogP contribution in [0.15, 0.2) is 36.8 Å². The first-order chi connectivity index (χ1) is 14.7. The van der Waals surface area contributed by atoms with E-state index in [0.29, 0.717) is 40.1 Å². The number of ketones is 1. The van der Waals surface area contributed by atoms with E-state index in [0.717, 1.165) is 12.8 Å². The first-order valence-corrected chi connectivity index (χ1v) is 10.0. The van der Waals surface area contributed by atoms with Gasteiger partial charge in [-0.25, -0.2) is 9.97 Å². The van der Waals surface area contributed by atoms with Gasteiger partial charge in [-0.2, -0.15) is 13.2 Å². The number of carbonyl (C=O) groups is 1. The Labute approximate surface area is 177 Å². The highest BCUT2D eigenvalue weighted by Gasteiger charge is 2.31. The van der Waals surface area contributed by atoms with E-state index >= 15 is 0 Å². The molecule has 1 aliphatic rings. The molecule has 1 atom stereocenters. The van der Waals surface area contributed by atoms with E-state index in [-0.39, 0.29) is 11.6 Å². The SMILES string of the molecule is CC(CC(F)(F)F)n1cc(C#Cc2cccc(C(=O)CC3CC3)c2)c2c(N)ncnc21. The molecule has 31 heavy (non-hydrogen) atoms. The number of nitrogens with zero attached hydrogens (tertiary/aromatic N) is 3. The number of rotatable bonds is 5. The zero-order chi connectivity index (χ0) is 22.2. The Morgan fingerprint density at radius 3 is 2.77 bits per heavy atom. The molecule has 0 amide bonds. The average Bonchev–Trinajstić information content (AvgIpc) is 3.43. The molecular formula is C23H21F3N4O. The topological polar surface area (TPSA) is 73.8 Å². The number of Topliss-reactive ketones (excluding diaryl/α,β-unsaturated/α-hetero) is 1. The minimum atomic E-state index is -4.31. The van der Waals surface area contributed by atoms with E-state index in [4.69, 9.17) is 5.73 Å². The molecule has 0 bridgehead atoms. The third kappa shape index (κ3) is 4.88. The largest absolute Gasteiger partial charge is 0.391 e. The zero-order valence-corrected chi connectivity index (χ0v) is 16.9. The van der Waals surface area contributed by atoms with Crippen LogP contribution in [0.5, 0.6) is 0 Å². The van der Waals surface area contributed by atoms with Crippen LogP contribution in [0.1, 0.15) is 60.1 Å². The lowest BCUT2D eigenvalue weighted by atomic mass is 10.0. The van der Waals surface area contributed by atoms with Gasteiger partial charge in [0.15, 0.2) is 5.78 Å². The van der Waals surface area contributed by atoms with Crippen molar-refractivity contribution in [1.29, 1.82) is 0 Å². The number of alkyl halides is 3. The van der Waals surface area contributed by atoms with Crippen LogP contribution in [0, 0.1) is 17.8 Å². The number of nitrogens with two attached hydrogens (primary N) is 1. The van der Waals surface area contributed by atoms with Crippen molar-refractivity contribution in [2.75, 3.05) is 5.73 Å². The Kier molecular flexibility index (Phi) is 5.44. The normalized spacial score (nSPS) is 14.8. The van der Waals surface area contributed by atoms with Crippen molar-refractivity contribution in [3.05, 3.63) is 53.5 Å². The number of anilines is 1. The maximum atomic E-state index is 12.9. The molecule has 1 unspecified atom stereocenters. The fourth-order valence-electron chi connectivity index (χ4n) is 3.58. The molecule has 2 heterocycles. The van der Waals surface area contributed by atoms with Crippen molar-refractivity contribution < 1.29 is 18.0 Å². The summed E-state index contributed by atoms with van der Waals surface area (Å²) in [5.41, 5.74) is 7.99. The Hall–Kier alpha value is -3.34. The van der Waals surface area contributed by atoms with Crippen molar-refractivity contribution in [1.82, 2.24) is 14.5 Å². The van der Waals surface area contributed by atoms with Crippen LogP contribution >= 0.6 is 0 Å². The van der Waals surface area contributed by atoms with Crippen LogP contribution in [0.4, 0.5) is 19.0 Å². The van der Waals surface area contributed by atoms with Crippen molar-refractivity contribution >= 4 is 22.6 Å². The highest BCUT2D eigenvalue weighted by Crippen LogP contribution is 2.34. The van der Waals surface area contributed by atoms with E-state index in [1.54, 1.807) is 24.3 Å². The Bertz CT molecular complexity index is 1200. The molecule has 1 aliphatic carbocycles. The summed E-state index contributed by atoms with van der Waals surface area (Å²) < 4.78 is 40.2. The molecule has 160 valence electrons. The molecule has 4 rings (SSSR count). The minimum absolute atomic E-state index is 0.0985. The van der Waals surface area contributed by atoms with Crippen molar-refractivity contribution in [2.24, 2.45) is 5.92 Å². The van der Waals surface area contributed by atoms with Crippen molar-refractivity contribution in [2.45, 2.75) is 44.8 Å². The highest BCUT2D eigenvalue weighted by molar-refractivity contribution is 5.96. The van der Waals surface area contributed by atoms with E-state index in [2.05, 4.69) is 21.8 Å². The number of nitrogen functional groups attached to an aromatic ring is 1. The van der Waals surface area contributed by atoms with Gasteiger partial charge in [0.25, 0.3) is 0 Å². The highest BCUT2D eigenvalue weighted by atomic mass is 19.4. The molecule has 0 spiro atoms.